The summed E-state index contributed by atoms with van der Waals surface area (Å²) >= 11 is 0. The molecule has 2 aromatic carbocycles. The van der Waals surface area contributed by atoms with Crippen molar-refractivity contribution in [1.82, 2.24) is 10.2 Å². The van der Waals surface area contributed by atoms with Crippen LogP contribution in [0.3, 0.4) is 0 Å². The molecule has 1 heterocycles. The van der Waals surface area contributed by atoms with Crippen LogP contribution >= 0.6 is 24.0 Å². The number of hydrogen-bond donors (Lipinski definition) is 1. The predicted molar refractivity (Wildman–Crippen MR) is 116 cm³/mol. The van der Waals surface area contributed by atoms with E-state index in [-0.39, 0.29) is 24.0 Å². The molecule has 1 aliphatic heterocycles. The number of rotatable bonds is 3. The van der Waals surface area contributed by atoms with Crippen LogP contribution in [0.2, 0.25) is 0 Å². The average Bonchev–Trinajstić information content (AvgIpc) is 2.62. The van der Waals surface area contributed by atoms with Crippen molar-refractivity contribution in [3.8, 4) is 0 Å². The van der Waals surface area contributed by atoms with Crippen LogP contribution in [-0.4, -0.2) is 39.1 Å². The lowest BCUT2D eigenvalue weighted by molar-refractivity contribution is 0.378. The zero-order valence-corrected chi connectivity index (χ0v) is 18.1. The van der Waals surface area contributed by atoms with Gasteiger partial charge in [0.05, 0.1) is 4.90 Å². The monoisotopic (exact) mass is 485 g/mol. The lowest BCUT2D eigenvalue weighted by Crippen LogP contribution is -2.43. The minimum Gasteiger partial charge on any atom is -0.352 e. The number of benzene rings is 2. The number of fused-ring (bicyclic) bond motifs is 1. The van der Waals surface area contributed by atoms with Crippen molar-refractivity contribution in [1.29, 1.82) is 0 Å². The van der Waals surface area contributed by atoms with Gasteiger partial charge in [-0.05, 0) is 35.2 Å². The molecule has 0 atom stereocenters. The molecule has 0 amide bonds. The van der Waals surface area contributed by atoms with E-state index in [2.05, 4.69) is 39.5 Å². The highest BCUT2D eigenvalue weighted by atomic mass is 127. The summed E-state index contributed by atoms with van der Waals surface area (Å²) in [6, 6.07) is 15.5. The van der Waals surface area contributed by atoms with E-state index >= 15 is 0 Å². The van der Waals surface area contributed by atoms with Crippen molar-refractivity contribution >= 4 is 39.8 Å². The molecular formula is C19H24IN3O2S. The quantitative estimate of drug-likeness (QED) is 0.413. The van der Waals surface area contributed by atoms with Crippen molar-refractivity contribution in [2.75, 3.05) is 19.8 Å². The molecule has 1 aliphatic rings. The van der Waals surface area contributed by atoms with E-state index in [1.54, 1.807) is 19.2 Å². The van der Waals surface area contributed by atoms with Crippen LogP contribution in [0.15, 0.2) is 58.4 Å². The highest BCUT2D eigenvalue weighted by molar-refractivity contribution is 14.0. The van der Waals surface area contributed by atoms with Crippen molar-refractivity contribution < 1.29 is 8.42 Å². The van der Waals surface area contributed by atoms with Gasteiger partial charge >= 0.3 is 0 Å². The summed E-state index contributed by atoms with van der Waals surface area (Å²) in [4.78, 5) is 6.98. The maximum Gasteiger partial charge on any atom is 0.194 e. The SMILES string of the molecule is CN=C(NCc1ccc(S(C)(=O)=O)cc1)N1CCc2ccccc2C1.I. The number of sulfone groups is 1. The van der Waals surface area contributed by atoms with Crippen LogP contribution in [0, 0.1) is 0 Å². The predicted octanol–water partition coefficient (Wildman–Crippen LogP) is 2.84. The fraction of sp³-hybridized carbons (Fsp3) is 0.316. The molecule has 0 aliphatic carbocycles. The number of guanidine groups is 1. The molecule has 7 heteroatoms. The van der Waals surface area contributed by atoms with Crippen LogP contribution in [0.4, 0.5) is 0 Å². The first-order chi connectivity index (χ1) is 12.0. The fourth-order valence-electron chi connectivity index (χ4n) is 3.04. The standard InChI is InChI=1S/C19H23N3O2S.HI/c1-20-19(22-12-11-16-5-3-4-6-17(16)14-22)21-13-15-7-9-18(10-8-15)25(2,23)24;/h3-10H,11-14H2,1-2H3,(H,20,21);1H. The van der Waals surface area contributed by atoms with Gasteiger partial charge < -0.3 is 10.2 Å². The Labute approximate surface area is 172 Å². The Morgan fingerprint density at radius 1 is 1.12 bits per heavy atom. The second-order valence-electron chi connectivity index (χ2n) is 6.26. The molecule has 0 fully saturated rings. The average molecular weight is 485 g/mol. The highest BCUT2D eigenvalue weighted by Crippen LogP contribution is 2.18. The van der Waals surface area contributed by atoms with Gasteiger partial charge in [0.25, 0.3) is 0 Å². The van der Waals surface area contributed by atoms with Crippen molar-refractivity contribution in [3.05, 3.63) is 65.2 Å². The van der Waals surface area contributed by atoms with Gasteiger partial charge in [0.1, 0.15) is 0 Å². The van der Waals surface area contributed by atoms with E-state index < -0.39 is 9.84 Å². The zero-order valence-electron chi connectivity index (χ0n) is 15.0. The third kappa shape index (κ3) is 4.97. The van der Waals surface area contributed by atoms with Crippen LogP contribution in [0.25, 0.3) is 0 Å². The van der Waals surface area contributed by atoms with Gasteiger partial charge in [-0.3, -0.25) is 4.99 Å². The van der Waals surface area contributed by atoms with Gasteiger partial charge in [-0.1, -0.05) is 36.4 Å². The summed E-state index contributed by atoms with van der Waals surface area (Å²) in [7, 11) is -1.37. The van der Waals surface area contributed by atoms with Crippen LogP contribution in [-0.2, 0) is 29.3 Å². The molecule has 5 nitrogen and oxygen atoms in total. The Balaban J connectivity index is 0.00000243. The summed E-state index contributed by atoms with van der Waals surface area (Å²) < 4.78 is 23.0. The van der Waals surface area contributed by atoms with E-state index in [4.69, 9.17) is 0 Å². The summed E-state index contributed by atoms with van der Waals surface area (Å²) in [6.07, 6.45) is 2.23. The van der Waals surface area contributed by atoms with Crippen molar-refractivity contribution in [2.24, 2.45) is 4.99 Å². The number of hydrogen-bond acceptors (Lipinski definition) is 3. The lowest BCUT2D eigenvalue weighted by Gasteiger charge is -2.31. The first-order valence-corrected chi connectivity index (χ1v) is 10.2. The van der Waals surface area contributed by atoms with E-state index in [9.17, 15) is 8.42 Å². The minimum atomic E-state index is -3.15. The van der Waals surface area contributed by atoms with Gasteiger partial charge in [0.15, 0.2) is 15.8 Å². The molecule has 0 radical (unpaired) electrons. The summed E-state index contributed by atoms with van der Waals surface area (Å²) in [5.41, 5.74) is 3.77. The van der Waals surface area contributed by atoms with Crippen LogP contribution in [0.5, 0.6) is 0 Å². The number of nitrogens with zero attached hydrogens (tertiary/aromatic N) is 2. The van der Waals surface area contributed by atoms with Crippen LogP contribution in [0.1, 0.15) is 16.7 Å². The normalized spacial score (nSPS) is 14.4. The molecule has 0 spiro atoms. The maximum atomic E-state index is 11.5. The molecule has 0 bridgehead atoms. The van der Waals surface area contributed by atoms with E-state index in [0.717, 1.165) is 31.0 Å². The number of aliphatic imine (C=N–C) groups is 1. The Bertz CT molecular complexity index is 880. The first kappa shape index (κ1) is 20.7. The van der Waals surface area contributed by atoms with Gasteiger partial charge in [-0.15, -0.1) is 24.0 Å². The molecule has 0 unspecified atom stereocenters. The second-order valence-corrected chi connectivity index (χ2v) is 8.27. The van der Waals surface area contributed by atoms with Gasteiger partial charge in [-0.2, -0.15) is 0 Å². The van der Waals surface area contributed by atoms with Gasteiger partial charge in [0, 0.05) is 32.9 Å². The maximum absolute atomic E-state index is 11.5. The van der Waals surface area contributed by atoms with E-state index in [1.807, 2.05) is 12.1 Å². The molecular weight excluding hydrogens is 461 g/mol. The Hall–Kier alpha value is -1.61. The fourth-order valence-corrected chi connectivity index (χ4v) is 3.67. The second kappa shape index (κ2) is 8.85. The summed E-state index contributed by atoms with van der Waals surface area (Å²) in [5, 5.41) is 3.37. The summed E-state index contributed by atoms with van der Waals surface area (Å²) in [6.45, 7) is 2.39. The van der Waals surface area contributed by atoms with Gasteiger partial charge in [0.2, 0.25) is 0 Å². The van der Waals surface area contributed by atoms with Crippen molar-refractivity contribution in [2.45, 2.75) is 24.4 Å². The number of nitrogens with one attached hydrogen (secondary N) is 1. The van der Waals surface area contributed by atoms with Crippen LogP contribution < -0.4 is 5.32 Å². The Morgan fingerprint density at radius 2 is 1.77 bits per heavy atom. The molecule has 0 aromatic heterocycles. The lowest BCUT2D eigenvalue weighted by atomic mass is 10.0. The van der Waals surface area contributed by atoms with E-state index in [0.29, 0.717) is 11.4 Å². The third-order valence-corrected chi connectivity index (χ3v) is 5.57. The Morgan fingerprint density at radius 3 is 2.38 bits per heavy atom. The molecule has 140 valence electrons. The first-order valence-electron chi connectivity index (χ1n) is 8.29. The largest absolute Gasteiger partial charge is 0.352 e. The highest BCUT2D eigenvalue weighted by Gasteiger charge is 2.18. The third-order valence-electron chi connectivity index (χ3n) is 4.44. The zero-order chi connectivity index (χ0) is 17.9. The molecule has 2 aromatic rings. The molecule has 0 saturated heterocycles. The van der Waals surface area contributed by atoms with E-state index in [1.165, 1.54) is 17.4 Å². The molecule has 3 rings (SSSR count). The topological polar surface area (TPSA) is 61.8 Å². The van der Waals surface area contributed by atoms with Gasteiger partial charge in [-0.25, -0.2) is 8.42 Å². The molecule has 1 N–H and O–H groups in total. The summed E-state index contributed by atoms with van der Waals surface area (Å²) in [5.74, 6) is 0.863. The Kier molecular flexibility index (Phi) is 7.05. The number of halogens is 1. The van der Waals surface area contributed by atoms with Crippen molar-refractivity contribution in [3.63, 3.8) is 0 Å². The molecule has 0 saturated carbocycles. The smallest absolute Gasteiger partial charge is 0.194 e. The minimum absolute atomic E-state index is 0. The molecule has 26 heavy (non-hydrogen) atoms.